The molecular weight excluding hydrogens is 138 g/mol. The summed E-state index contributed by atoms with van der Waals surface area (Å²) in [6, 6.07) is -0.202. The molecule has 0 aromatic carbocycles. The van der Waals surface area contributed by atoms with Crippen molar-refractivity contribution >= 4 is 16.8 Å². The van der Waals surface area contributed by atoms with Crippen LogP contribution in [0.5, 0.6) is 0 Å². The maximum absolute atomic E-state index is 10.5. The first-order valence-electron chi connectivity index (χ1n) is 2.96. The van der Waals surface area contributed by atoms with Crippen molar-refractivity contribution in [2.45, 2.75) is 19.9 Å². The highest BCUT2D eigenvalue weighted by molar-refractivity contribution is 6.64. The van der Waals surface area contributed by atoms with Gasteiger partial charge in [-0.05, 0) is 24.6 Å². The Bertz CT molecular complexity index is 103. The molecule has 2 nitrogen and oxygen atoms in total. The Balaban J connectivity index is 3.83. The Labute approximate surface area is 60.6 Å². The van der Waals surface area contributed by atoms with Gasteiger partial charge in [0.1, 0.15) is 0 Å². The van der Waals surface area contributed by atoms with Crippen LogP contribution in [0.25, 0.3) is 0 Å². The highest BCUT2D eigenvalue weighted by Crippen LogP contribution is 2.03. The summed E-state index contributed by atoms with van der Waals surface area (Å²) in [6.07, 6.45) is 0. The fraction of sp³-hybridized carbons (Fsp3) is 0.833. The monoisotopic (exact) mass is 149 g/mol. The summed E-state index contributed by atoms with van der Waals surface area (Å²) in [6.45, 7) is 3.89. The van der Waals surface area contributed by atoms with Gasteiger partial charge in [0.2, 0.25) is 5.24 Å². The molecule has 0 unspecified atom stereocenters. The number of halogens is 1. The molecule has 0 aromatic rings. The van der Waals surface area contributed by atoms with Gasteiger partial charge in [0.25, 0.3) is 0 Å². The van der Waals surface area contributed by atoms with Gasteiger partial charge in [-0.3, -0.25) is 4.79 Å². The van der Waals surface area contributed by atoms with E-state index in [0.717, 1.165) is 0 Å². The number of hydrogen-bond acceptors (Lipinski definition) is 2. The standard InChI is InChI=1S/C6H12ClNO/c1-4(2)5(8-3)6(7)9/h4-5,8H,1-3H3/t5-/m0/s1. The number of likely N-dealkylation sites (N-methyl/N-ethyl adjacent to an activating group) is 1. The van der Waals surface area contributed by atoms with Gasteiger partial charge in [0.05, 0.1) is 6.04 Å². The summed E-state index contributed by atoms with van der Waals surface area (Å²) >= 11 is 5.24. The molecule has 0 aliphatic rings. The third-order valence-electron chi connectivity index (χ3n) is 1.22. The summed E-state index contributed by atoms with van der Waals surface area (Å²) in [7, 11) is 1.73. The van der Waals surface area contributed by atoms with E-state index in [2.05, 4.69) is 5.32 Å². The topological polar surface area (TPSA) is 29.1 Å². The van der Waals surface area contributed by atoms with E-state index in [1.807, 2.05) is 13.8 Å². The lowest BCUT2D eigenvalue weighted by atomic mass is 10.1. The van der Waals surface area contributed by atoms with E-state index in [4.69, 9.17) is 11.6 Å². The minimum Gasteiger partial charge on any atom is -0.309 e. The van der Waals surface area contributed by atoms with Crippen LogP contribution in [0.1, 0.15) is 13.8 Å². The average molecular weight is 150 g/mol. The summed E-state index contributed by atoms with van der Waals surface area (Å²) in [5, 5.41) is 2.51. The predicted molar refractivity (Wildman–Crippen MR) is 38.5 cm³/mol. The molecule has 0 amide bonds. The lowest BCUT2D eigenvalue weighted by Gasteiger charge is -2.14. The van der Waals surface area contributed by atoms with Gasteiger partial charge in [-0.1, -0.05) is 13.8 Å². The maximum Gasteiger partial charge on any atom is 0.238 e. The van der Waals surface area contributed by atoms with Crippen molar-refractivity contribution in [3.63, 3.8) is 0 Å². The molecule has 0 bridgehead atoms. The van der Waals surface area contributed by atoms with Crippen molar-refractivity contribution in [2.75, 3.05) is 7.05 Å². The lowest BCUT2D eigenvalue weighted by Crippen LogP contribution is -2.35. The number of nitrogens with one attached hydrogen (secondary N) is 1. The van der Waals surface area contributed by atoms with Crippen molar-refractivity contribution < 1.29 is 4.79 Å². The zero-order valence-corrected chi connectivity index (χ0v) is 6.70. The molecule has 9 heavy (non-hydrogen) atoms. The van der Waals surface area contributed by atoms with Crippen molar-refractivity contribution in [3.8, 4) is 0 Å². The number of carbonyl (C=O) groups is 1. The molecule has 54 valence electrons. The number of carbonyl (C=O) groups excluding carboxylic acids is 1. The third kappa shape index (κ3) is 2.82. The van der Waals surface area contributed by atoms with Gasteiger partial charge in [0.15, 0.2) is 0 Å². The Kier molecular flexibility index (Phi) is 3.82. The molecule has 0 spiro atoms. The summed E-state index contributed by atoms with van der Waals surface area (Å²) in [4.78, 5) is 10.5. The van der Waals surface area contributed by atoms with E-state index >= 15 is 0 Å². The van der Waals surface area contributed by atoms with Crippen LogP contribution >= 0.6 is 11.6 Å². The third-order valence-corrected chi connectivity index (χ3v) is 1.46. The molecule has 0 aromatic heterocycles. The minimum atomic E-state index is -0.312. The van der Waals surface area contributed by atoms with Crippen LogP contribution in [0, 0.1) is 5.92 Å². The van der Waals surface area contributed by atoms with Crippen LogP contribution in [0.15, 0.2) is 0 Å². The van der Waals surface area contributed by atoms with E-state index in [1.165, 1.54) is 0 Å². The zero-order chi connectivity index (χ0) is 7.44. The Morgan fingerprint density at radius 1 is 1.56 bits per heavy atom. The summed E-state index contributed by atoms with van der Waals surface area (Å²) in [5.41, 5.74) is 0. The van der Waals surface area contributed by atoms with Crippen LogP contribution in [0.2, 0.25) is 0 Å². The average Bonchev–Trinajstić information content (AvgIpc) is 1.64. The highest BCUT2D eigenvalue weighted by Gasteiger charge is 2.16. The molecule has 0 fully saturated rings. The first kappa shape index (κ1) is 8.92. The molecule has 0 aliphatic carbocycles. The molecule has 1 atom stereocenters. The molecule has 0 heterocycles. The Hall–Kier alpha value is -0.0800. The van der Waals surface area contributed by atoms with Crippen LogP contribution in [-0.4, -0.2) is 18.3 Å². The first-order chi connectivity index (χ1) is 4.09. The molecule has 0 rings (SSSR count). The van der Waals surface area contributed by atoms with Gasteiger partial charge in [-0.25, -0.2) is 0 Å². The molecule has 3 heteroatoms. The van der Waals surface area contributed by atoms with Crippen molar-refractivity contribution in [3.05, 3.63) is 0 Å². The van der Waals surface area contributed by atoms with E-state index in [0.29, 0.717) is 0 Å². The fourth-order valence-corrected chi connectivity index (χ4v) is 1.07. The Morgan fingerprint density at radius 3 is 2.00 bits per heavy atom. The smallest absolute Gasteiger partial charge is 0.238 e. The second-order valence-electron chi connectivity index (χ2n) is 2.31. The van der Waals surface area contributed by atoms with Crippen molar-refractivity contribution in [1.29, 1.82) is 0 Å². The van der Waals surface area contributed by atoms with Gasteiger partial charge >= 0.3 is 0 Å². The summed E-state index contributed by atoms with van der Waals surface area (Å²) in [5.74, 6) is 0.264. The maximum atomic E-state index is 10.5. The minimum absolute atomic E-state index is 0.202. The van der Waals surface area contributed by atoms with Crippen LogP contribution in [0.4, 0.5) is 0 Å². The quantitative estimate of drug-likeness (QED) is 0.607. The predicted octanol–water partition coefficient (Wildman–Crippen LogP) is 0.996. The molecule has 0 saturated carbocycles. The largest absolute Gasteiger partial charge is 0.309 e. The van der Waals surface area contributed by atoms with Crippen LogP contribution in [0.3, 0.4) is 0 Å². The normalized spacial score (nSPS) is 13.9. The van der Waals surface area contributed by atoms with Crippen LogP contribution < -0.4 is 5.32 Å². The molecule has 0 saturated heterocycles. The molecule has 0 radical (unpaired) electrons. The van der Waals surface area contributed by atoms with Gasteiger partial charge in [-0.15, -0.1) is 0 Å². The second-order valence-corrected chi connectivity index (χ2v) is 2.69. The van der Waals surface area contributed by atoms with E-state index < -0.39 is 0 Å². The van der Waals surface area contributed by atoms with Crippen molar-refractivity contribution in [1.82, 2.24) is 5.32 Å². The SMILES string of the molecule is CN[C@H](C(=O)Cl)C(C)C. The first-order valence-corrected chi connectivity index (χ1v) is 3.34. The Morgan fingerprint density at radius 2 is 2.00 bits per heavy atom. The number of hydrogen-bond donors (Lipinski definition) is 1. The second kappa shape index (κ2) is 3.85. The van der Waals surface area contributed by atoms with Gasteiger partial charge in [-0.2, -0.15) is 0 Å². The molecule has 1 N–H and O–H groups in total. The lowest BCUT2D eigenvalue weighted by molar-refractivity contribution is -0.114. The zero-order valence-electron chi connectivity index (χ0n) is 5.94. The van der Waals surface area contributed by atoms with Gasteiger partial charge in [0, 0.05) is 0 Å². The van der Waals surface area contributed by atoms with E-state index in [1.54, 1.807) is 7.05 Å². The molecular formula is C6H12ClNO. The number of rotatable bonds is 3. The van der Waals surface area contributed by atoms with Crippen LogP contribution in [-0.2, 0) is 4.79 Å². The highest BCUT2D eigenvalue weighted by atomic mass is 35.5. The fourth-order valence-electron chi connectivity index (χ4n) is 0.709. The molecule has 0 aliphatic heterocycles. The summed E-state index contributed by atoms with van der Waals surface area (Å²) < 4.78 is 0. The van der Waals surface area contributed by atoms with E-state index in [-0.39, 0.29) is 17.2 Å². The van der Waals surface area contributed by atoms with Crippen molar-refractivity contribution in [2.24, 2.45) is 5.92 Å². The van der Waals surface area contributed by atoms with E-state index in [9.17, 15) is 4.79 Å². The van der Waals surface area contributed by atoms with Gasteiger partial charge < -0.3 is 5.32 Å².